The Bertz CT molecular complexity index is 337. The predicted molar refractivity (Wildman–Crippen MR) is 57.5 cm³/mol. The number of benzene rings is 1. The summed E-state index contributed by atoms with van der Waals surface area (Å²) in [6, 6.07) is 10.2. The molecule has 2 N–H and O–H groups in total. The topological polar surface area (TPSA) is 49.3 Å². The highest BCUT2D eigenvalue weighted by Crippen LogP contribution is 2.26. The molecule has 1 saturated heterocycles. The van der Waals surface area contributed by atoms with Crippen LogP contribution in [-0.4, -0.2) is 17.6 Å². The largest absolute Gasteiger partial charge is 0.481 e. The maximum atomic E-state index is 10.9. The number of carboxylic acid groups (broad SMARTS) is 1. The minimum Gasteiger partial charge on any atom is -0.481 e. The van der Waals surface area contributed by atoms with E-state index in [9.17, 15) is 4.79 Å². The molecule has 15 heavy (non-hydrogen) atoms. The molecular formula is C12H15NO2. The summed E-state index contributed by atoms with van der Waals surface area (Å²) in [6.07, 6.45) is 1.43. The third-order valence-electron chi connectivity index (χ3n) is 2.95. The van der Waals surface area contributed by atoms with Crippen LogP contribution >= 0.6 is 0 Å². The van der Waals surface area contributed by atoms with Gasteiger partial charge in [0.1, 0.15) is 0 Å². The number of rotatable bonds is 2. The third-order valence-corrected chi connectivity index (χ3v) is 2.95. The average molecular weight is 205 g/mol. The highest BCUT2D eigenvalue weighted by atomic mass is 16.4. The smallest absolute Gasteiger partial charge is 0.306 e. The van der Waals surface area contributed by atoms with E-state index in [1.54, 1.807) is 0 Å². The van der Waals surface area contributed by atoms with Gasteiger partial charge in [0.25, 0.3) is 0 Å². The maximum absolute atomic E-state index is 10.9. The highest BCUT2D eigenvalue weighted by molar-refractivity contribution is 5.70. The Morgan fingerprint density at radius 2 is 2.07 bits per heavy atom. The van der Waals surface area contributed by atoms with Crippen molar-refractivity contribution in [2.75, 3.05) is 6.54 Å². The van der Waals surface area contributed by atoms with Crippen LogP contribution in [0.1, 0.15) is 24.4 Å². The summed E-state index contributed by atoms with van der Waals surface area (Å²) in [7, 11) is 0. The van der Waals surface area contributed by atoms with Crippen molar-refractivity contribution in [3.05, 3.63) is 35.9 Å². The average Bonchev–Trinajstić information content (AvgIpc) is 2.30. The molecule has 3 heteroatoms. The molecular weight excluding hydrogens is 190 g/mol. The Balaban J connectivity index is 2.08. The first-order valence-corrected chi connectivity index (χ1v) is 5.28. The summed E-state index contributed by atoms with van der Waals surface area (Å²) in [5.41, 5.74) is 1.18. The Morgan fingerprint density at radius 3 is 2.73 bits per heavy atom. The summed E-state index contributed by atoms with van der Waals surface area (Å²) >= 11 is 0. The van der Waals surface area contributed by atoms with Crippen molar-refractivity contribution in [1.29, 1.82) is 0 Å². The number of nitrogens with one attached hydrogen (secondary N) is 1. The molecule has 1 heterocycles. The number of hydrogen-bond acceptors (Lipinski definition) is 2. The Morgan fingerprint density at radius 1 is 1.33 bits per heavy atom. The van der Waals surface area contributed by atoms with E-state index in [0.29, 0.717) is 6.42 Å². The standard InChI is InChI=1S/C12H15NO2/c14-12(15)10-6-7-13-11(8-10)9-4-2-1-3-5-9/h1-5,10-11,13H,6-8H2,(H,14,15)/t10-,11+/m1/s1. The van der Waals surface area contributed by atoms with Gasteiger partial charge in [-0.2, -0.15) is 0 Å². The fourth-order valence-corrected chi connectivity index (χ4v) is 2.08. The fourth-order valence-electron chi connectivity index (χ4n) is 2.08. The van der Waals surface area contributed by atoms with Crippen LogP contribution in [0, 0.1) is 5.92 Å². The van der Waals surface area contributed by atoms with E-state index in [-0.39, 0.29) is 12.0 Å². The minimum atomic E-state index is -0.669. The third kappa shape index (κ3) is 2.36. The zero-order valence-electron chi connectivity index (χ0n) is 8.52. The molecule has 0 aromatic heterocycles. The zero-order valence-corrected chi connectivity index (χ0v) is 8.52. The van der Waals surface area contributed by atoms with Crippen molar-refractivity contribution in [3.63, 3.8) is 0 Å². The normalized spacial score (nSPS) is 26.1. The number of carboxylic acids is 1. The molecule has 0 spiro atoms. The van der Waals surface area contributed by atoms with Gasteiger partial charge >= 0.3 is 5.97 Å². The quantitative estimate of drug-likeness (QED) is 0.774. The number of piperidine rings is 1. The van der Waals surface area contributed by atoms with Gasteiger partial charge in [0.05, 0.1) is 5.92 Å². The van der Waals surface area contributed by atoms with Gasteiger partial charge in [0, 0.05) is 6.04 Å². The van der Waals surface area contributed by atoms with E-state index in [4.69, 9.17) is 5.11 Å². The van der Waals surface area contributed by atoms with Gasteiger partial charge in [0.15, 0.2) is 0 Å². The van der Waals surface area contributed by atoms with E-state index in [1.807, 2.05) is 30.3 Å². The molecule has 0 amide bonds. The van der Waals surface area contributed by atoms with Crippen LogP contribution in [0.3, 0.4) is 0 Å². The monoisotopic (exact) mass is 205 g/mol. The second-order valence-corrected chi connectivity index (χ2v) is 3.98. The fraction of sp³-hybridized carbons (Fsp3) is 0.417. The molecule has 0 unspecified atom stereocenters. The summed E-state index contributed by atoms with van der Waals surface area (Å²) in [6.45, 7) is 0.788. The van der Waals surface area contributed by atoms with Crippen LogP contribution < -0.4 is 5.32 Å². The van der Waals surface area contributed by atoms with Crippen LogP contribution in [0.4, 0.5) is 0 Å². The van der Waals surface area contributed by atoms with Crippen molar-refractivity contribution in [2.24, 2.45) is 5.92 Å². The van der Waals surface area contributed by atoms with Crippen molar-refractivity contribution >= 4 is 5.97 Å². The van der Waals surface area contributed by atoms with Crippen molar-refractivity contribution in [3.8, 4) is 0 Å². The second-order valence-electron chi connectivity index (χ2n) is 3.98. The molecule has 0 aliphatic carbocycles. The van der Waals surface area contributed by atoms with Crippen LogP contribution in [0.15, 0.2) is 30.3 Å². The first-order chi connectivity index (χ1) is 7.27. The lowest BCUT2D eigenvalue weighted by Crippen LogP contribution is -2.34. The molecule has 1 fully saturated rings. The van der Waals surface area contributed by atoms with Crippen LogP contribution in [0.5, 0.6) is 0 Å². The molecule has 2 rings (SSSR count). The Kier molecular flexibility index (Phi) is 3.02. The first kappa shape index (κ1) is 10.2. The lowest BCUT2D eigenvalue weighted by atomic mass is 9.89. The minimum absolute atomic E-state index is 0.195. The summed E-state index contributed by atoms with van der Waals surface area (Å²) < 4.78 is 0. The van der Waals surface area contributed by atoms with Crippen LogP contribution in [0.25, 0.3) is 0 Å². The summed E-state index contributed by atoms with van der Waals surface area (Å²) in [4.78, 5) is 10.9. The molecule has 1 aromatic carbocycles. The van der Waals surface area contributed by atoms with Crippen molar-refractivity contribution < 1.29 is 9.90 Å². The molecule has 1 aliphatic rings. The van der Waals surface area contributed by atoms with E-state index in [0.717, 1.165) is 13.0 Å². The second kappa shape index (κ2) is 4.45. The molecule has 1 aliphatic heterocycles. The van der Waals surface area contributed by atoms with Gasteiger partial charge in [-0.15, -0.1) is 0 Å². The van der Waals surface area contributed by atoms with Gasteiger partial charge < -0.3 is 10.4 Å². The van der Waals surface area contributed by atoms with Gasteiger partial charge in [-0.25, -0.2) is 0 Å². The summed E-state index contributed by atoms with van der Waals surface area (Å²) in [5, 5.41) is 12.3. The van der Waals surface area contributed by atoms with E-state index in [2.05, 4.69) is 5.32 Å². The number of carbonyl (C=O) groups is 1. The van der Waals surface area contributed by atoms with Gasteiger partial charge in [-0.05, 0) is 24.9 Å². The number of aliphatic carboxylic acids is 1. The molecule has 80 valence electrons. The van der Waals surface area contributed by atoms with Crippen molar-refractivity contribution in [1.82, 2.24) is 5.32 Å². The zero-order chi connectivity index (χ0) is 10.7. The van der Waals surface area contributed by atoms with Crippen LogP contribution in [0.2, 0.25) is 0 Å². The molecule has 0 bridgehead atoms. The lowest BCUT2D eigenvalue weighted by molar-refractivity contribution is -0.143. The molecule has 0 saturated carbocycles. The van der Waals surface area contributed by atoms with E-state index >= 15 is 0 Å². The van der Waals surface area contributed by atoms with Crippen molar-refractivity contribution in [2.45, 2.75) is 18.9 Å². The Hall–Kier alpha value is -1.35. The number of hydrogen-bond donors (Lipinski definition) is 2. The lowest BCUT2D eigenvalue weighted by Gasteiger charge is -2.28. The molecule has 1 aromatic rings. The Labute approximate surface area is 89.1 Å². The molecule has 3 nitrogen and oxygen atoms in total. The van der Waals surface area contributed by atoms with Crippen LogP contribution in [-0.2, 0) is 4.79 Å². The SMILES string of the molecule is O=C(O)[C@@H]1CCN[C@H](c2ccccc2)C1. The first-order valence-electron chi connectivity index (χ1n) is 5.28. The van der Waals surface area contributed by atoms with Gasteiger partial charge in [-0.3, -0.25) is 4.79 Å². The maximum Gasteiger partial charge on any atom is 0.306 e. The van der Waals surface area contributed by atoms with Gasteiger partial charge in [-0.1, -0.05) is 30.3 Å². The predicted octanol–water partition coefficient (Wildman–Crippen LogP) is 1.81. The van der Waals surface area contributed by atoms with Gasteiger partial charge in [0.2, 0.25) is 0 Å². The molecule has 2 atom stereocenters. The molecule has 0 radical (unpaired) electrons. The summed E-state index contributed by atoms with van der Waals surface area (Å²) in [5.74, 6) is -0.867. The van der Waals surface area contributed by atoms with E-state index < -0.39 is 5.97 Å². The highest BCUT2D eigenvalue weighted by Gasteiger charge is 2.27. The van der Waals surface area contributed by atoms with E-state index in [1.165, 1.54) is 5.56 Å².